The molecule has 3 heteroatoms. The molecule has 1 aliphatic rings. The highest BCUT2D eigenvalue weighted by Crippen LogP contribution is 2.35. The van der Waals surface area contributed by atoms with Crippen molar-refractivity contribution in [2.24, 2.45) is 5.92 Å². The van der Waals surface area contributed by atoms with E-state index in [1.165, 1.54) is 32.1 Å². The zero-order chi connectivity index (χ0) is 14.4. The van der Waals surface area contributed by atoms with Crippen molar-refractivity contribution in [3.8, 4) is 5.75 Å². The first-order valence-electron chi connectivity index (χ1n) is 7.82. The molecule has 1 aliphatic carbocycles. The molecule has 0 heterocycles. The van der Waals surface area contributed by atoms with Gasteiger partial charge in [-0.25, -0.2) is 0 Å². The number of ether oxygens (including phenoxy) is 1. The van der Waals surface area contributed by atoms with Crippen LogP contribution in [0.15, 0.2) is 22.7 Å². The molecule has 1 N–H and O–H groups in total. The van der Waals surface area contributed by atoms with Crippen LogP contribution in [0.4, 0.5) is 0 Å². The normalized spacial score (nSPS) is 19.1. The lowest BCUT2D eigenvalue weighted by molar-refractivity contribution is 0.0911. The van der Waals surface area contributed by atoms with Crippen molar-refractivity contribution in [1.82, 2.24) is 0 Å². The third-order valence-electron chi connectivity index (χ3n) is 4.19. The second-order valence-electron chi connectivity index (χ2n) is 5.67. The topological polar surface area (TPSA) is 29.5 Å². The Morgan fingerprint density at radius 3 is 2.45 bits per heavy atom. The van der Waals surface area contributed by atoms with Gasteiger partial charge in [-0.15, -0.1) is 0 Å². The van der Waals surface area contributed by atoms with Crippen molar-refractivity contribution in [2.75, 3.05) is 6.61 Å². The maximum Gasteiger partial charge on any atom is 0.133 e. The minimum Gasteiger partial charge on any atom is -0.493 e. The Morgan fingerprint density at radius 2 is 1.85 bits per heavy atom. The predicted molar refractivity (Wildman–Crippen MR) is 86.1 cm³/mol. The zero-order valence-electron chi connectivity index (χ0n) is 12.3. The number of benzene rings is 1. The third kappa shape index (κ3) is 4.23. The summed E-state index contributed by atoms with van der Waals surface area (Å²) in [7, 11) is 0. The van der Waals surface area contributed by atoms with E-state index < -0.39 is 0 Å². The molecule has 0 spiro atoms. The minimum absolute atomic E-state index is 0.347. The van der Waals surface area contributed by atoms with E-state index in [9.17, 15) is 5.11 Å². The Morgan fingerprint density at radius 1 is 1.20 bits per heavy atom. The van der Waals surface area contributed by atoms with Gasteiger partial charge in [0, 0.05) is 0 Å². The molecule has 0 radical (unpaired) electrons. The van der Waals surface area contributed by atoms with Crippen LogP contribution in [0.25, 0.3) is 0 Å². The van der Waals surface area contributed by atoms with E-state index >= 15 is 0 Å². The van der Waals surface area contributed by atoms with E-state index in [1.54, 1.807) is 0 Å². The summed E-state index contributed by atoms with van der Waals surface area (Å²) in [6.07, 6.45) is 8.43. The van der Waals surface area contributed by atoms with Crippen LogP contribution < -0.4 is 4.74 Å². The van der Waals surface area contributed by atoms with Gasteiger partial charge in [-0.3, -0.25) is 0 Å². The fraction of sp³-hybridized carbons (Fsp3) is 0.647. The van der Waals surface area contributed by atoms with E-state index in [0.29, 0.717) is 12.5 Å². The predicted octanol–water partition coefficient (Wildman–Crippen LogP) is 5.24. The quantitative estimate of drug-likeness (QED) is 0.811. The molecule has 20 heavy (non-hydrogen) atoms. The Hall–Kier alpha value is -0.540. The minimum atomic E-state index is -0.347. The average Bonchev–Trinajstić information content (AvgIpc) is 2.40. The SMILES string of the molecule is CCOc1ccc(C(O)C2CCCCCCC2)cc1Br. The average molecular weight is 341 g/mol. The van der Waals surface area contributed by atoms with Gasteiger partial charge in [0.05, 0.1) is 17.2 Å². The van der Waals surface area contributed by atoms with Crippen LogP contribution >= 0.6 is 15.9 Å². The molecule has 0 amide bonds. The summed E-state index contributed by atoms with van der Waals surface area (Å²) in [5.41, 5.74) is 1.01. The molecule has 1 atom stereocenters. The summed E-state index contributed by atoms with van der Waals surface area (Å²) in [6, 6.07) is 5.96. The van der Waals surface area contributed by atoms with Gasteiger partial charge >= 0.3 is 0 Å². The number of hydrogen-bond donors (Lipinski definition) is 1. The first kappa shape index (κ1) is 15.8. The lowest BCUT2D eigenvalue weighted by Gasteiger charge is -2.25. The van der Waals surface area contributed by atoms with Gasteiger partial charge in [0.2, 0.25) is 0 Å². The molecule has 0 aromatic heterocycles. The highest BCUT2D eigenvalue weighted by atomic mass is 79.9. The van der Waals surface area contributed by atoms with Crippen LogP contribution in [-0.4, -0.2) is 11.7 Å². The van der Waals surface area contributed by atoms with Gasteiger partial charge in [-0.05, 0) is 59.3 Å². The van der Waals surface area contributed by atoms with Gasteiger partial charge in [0.1, 0.15) is 5.75 Å². The number of aliphatic hydroxyl groups is 1. The Balaban J connectivity index is 2.06. The fourth-order valence-electron chi connectivity index (χ4n) is 3.05. The van der Waals surface area contributed by atoms with Crippen molar-refractivity contribution in [1.29, 1.82) is 0 Å². The van der Waals surface area contributed by atoms with E-state index in [2.05, 4.69) is 15.9 Å². The molecule has 1 aromatic carbocycles. The summed E-state index contributed by atoms with van der Waals surface area (Å²) in [6.45, 7) is 2.63. The largest absolute Gasteiger partial charge is 0.493 e. The maximum atomic E-state index is 10.6. The summed E-state index contributed by atoms with van der Waals surface area (Å²) < 4.78 is 6.46. The van der Waals surface area contributed by atoms with Crippen molar-refractivity contribution < 1.29 is 9.84 Å². The third-order valence-corrected chi connectivity index (χ3v) is 4.81. The molecule has 0 aliphatic heterocycles. The smallest absolute Gasteiger partial charge is 0.133 e. The Bertz CT molecular complexity index is 411. The molecule has 2 rings (SSSR count). The van der Waals surface area contributed by atoms with Gasteiger partial charge in [0.25, 0.3) is 0 Å². The molecule has 1 fully saturated rings. The Labute approximate surface area is 130 Å². The van der Waals surface area contributed by atoms with E-state index in [-0.39, 0.29) is 6.10 Å². The summed E-state index contributed by atoms with van der Waals surface area (Å²) in [4.78, 5) is 0. The first-order valence-corrected chi connectivity index (χ1v) is 8.62. The summed E-state index contributed by atoms with van der Waals surface area (Å²) >= 11 is 3.53. The van der Waals surface area contributed by atoms with Gasteiger partial charge in [0.15, 0.2) is 0 Å². The van der Waals surface area contributed by atoms with Crippen molar-refractivity contribution in [3.63, 3.8) is 0 Å². The van der Waals surface area contributed by atoms with Crippen LogP contribution in [0, 0.1) is 5.92 Å². The van der Waals surface area contributed by atoms with Crippen LogP contribution in [0.5, 0.6) is 5.75 Å². The van der Waals surface area contributed by atoms with E-state index in [0.717, 1.165) is 28.6 Å². The molecular formula is C17H25BrO2. The molecular weight excluding hydrogens is 316 g/mol. The van der Waals surface area contributed by atoms with Gasteiger partial charge in [-0.2, -0.15) is 0 Å². The monoisotopic (exact) mass is 340 g/mol. The maximum absolute atomic E-state index is 10.6. The van der Waals surface area contributed by atoms with Crippen LogP contribution in [-0.2, 0) is 0 Å². The lowest BCUT2D eigenvalue weighted by Crippen LogP contribution is -2.14. The second-order valence-corrected chi connectivity index (χ2v) is 6.53. The molecule has 1 saturated carbocycles. The van der Waals surface area contributed by atoms with Crippen molar-refractivity contribution in [2.45, 2.75) is 58.0 Å². The molecule has 1 aromatic rings. The summed E-state index contributed by atoms with van der Waals surface area (Å²) in [5.74, 6) is 1.25. The molecule has 0 bridgehead atoms. The van der Waals surface area contributed by atoms with Crippen LogP contribution in [0.2, 0.25) is 0 Å². The van der Waals surface area contributed by atoms with E-state index in [4.69, 9.17) is 4.74 Å². The van der Waals surface area contributed by atoms with Crippen molar-refractivity contribution >= 4 is 15.9 Å². The Kier molecular flexibility index (Phi) is 6.37. The van der Waals surface area contributed by atoms with Gasteiger partial charge in [-0.1, -0.05) is 38.2 Å². The number of halogens is 1. The second kappa shape index (κ2) is 8.04. The standard InChI is InChI=1S/C17H25BrO2/c1-2-20-16-11-10-14(12-15(16)18)17(19)13-8-6-4-3-5-7-9-13/h10-13,17,19H,2-9H2,1H3. The first-order chi connectivity index (χ1) is 9.72. The molecule has 1 unspecified atom stereocenters. The molecule has 2 nitrogen and oxygen atoms in total. The zero-order valence-corrected chi connectivity index (χ0v) is 13.9. The molecule has 112 valence electrons. The fourth-order valence-corrected chi connectivity index (χ4v) is 3.56. The summed E-state index contributed by atoms with van der Waals surface area (Å²) in [5, 5.41) is 10.6. The highest BCUT2D eigenvalue weighted by molar-refractivity contribution is 9.10. The van der Waals surface area contributed by atoms with Crippen LogP contribution in [0.3, 0.4) is 0 Å². The number of hydrogen-bond acceptors (Lipinski definition) is 2. The highest BCUT2D eigenvalue weighted by Gasteiger charge is 2.22. The van der Waals surface area contributed by atoms with Gasteiger partial charge < -0.3 is 9.84 Å². The number of aliphatic hydroxyl groups excluding tert-OH is 1. The number of rotatable bonds is 4. The van der Waals surface area contributed by atoms with Crippen LogP contribution in [0.1, 0.15) is 63.5 Å². The molecule has 0 saturated heterocycles. The lowest BCUT2D eigenvalue weighted by atomic mass is 9.84. The van der Waals surface area contributed by atoms with Crippen molar-refractivity contribution in [3.05, 3.63) is 28.2 Å². The van der Waals surface area contributed by atoms with E-state index in [1.807, 2.05) is 25.1 Å².